The predicted molar refractivity (Wildman–Crippen MR) is 94.8 cm³/mol. The predicted octanol–water partition coefficient (Wildman–Crippen LogP) is 2.42. The standard InChI is InChI=1S/C18H19N3O3S/c1-24-17-7-9-18(10-8-17)25(22,23)20-13-15-3-5-16(6-4-15)14-21-12-2-11-19-21/h2-12,20H,13-14H2,1H3. The lowest BCUT2D eigenvalue weighted by Crippen LogP contribution is -2.23. The molecule has 7 heteroatoms. The molecule has 0 amide bonds. The van der Waals surface area contributed by atoms with Gasteiger partial charge in [0.2, 0.25) is 10.0 Å². The quantitative estimate of drug-likeness (QED) is 0.705. The van der Waals surface area contributed by atoms with Crippen LogP contribution in [0.5, 0.6) is 5.75 Å². The van der Waals surface area contributed by atoms with Crippen LogP contribution >= 0.6 is 0 Å². The van der Waals surface area contributed by atoms with Crippen LogP contribution in [0.1, 0.15) is 11.1 Å². The van der Waals surface area contributed by atoms with Gasteiger partial charge in [-0.2, -0.15) is 5.10 Å². The molecule has 1 aromatic heterocycles. The van der Waals surface area contributed by atoms with E-state index in [1.165, 1.54) is 19.2 Å². The average Bonchev–Trinajstić information content (AvgIpc) is 3.14. The molecule has 0 aliphatic heterocycles. The number of ether oxygens (including phenoxy) is 1. The van der Waals surface area contributed by atoms with E-state index in [1.807, 2.05) is 41.2 Å². The van der Waals surface area contributed by atoms with Gasteiger partial charge in [-0.25, -0.2) is 13.1 Å². The maximum atomic E-state index is 12.3. The zero-order valence-corrected chi connectivity index (χ0v) is 14.6. The van der Waals surface area contributed by atoms with Gasteiger partial charge in [0.25, 0.3) is 0 Å². The summed E-state index contributed by atoms with van der Waals surface area (Å²) in [4.78, 5) is 0.212. The van der Waals surface area contributed by atoms with Crippen LogP contribution in [0.25, 0.3) is 0 Å². The highest BCUT2D eigenvalue weighted by molar-refractivity contribution is 7.89. The van der Waals surface area contributed by atoms with Gasteiger partial charge in [-0.05, 0) is 41.5 Å². The van der Waals surface area contributed by atoms with E-state index in [2.05, 4.69) is 9.82 Å². The second-order valence-corrected chi connectivity index (χ2v) is 7.29. The SMILES string of the molecule is COc1ccc(S(=O)(=O)NCc2ccc(Cn3cccn3)cc2)cc1. The highest BCUT2D eigenvalue weighted by Crippen LogP contribution is 2.16. The van der Waals surface area contributed by atoms with Crippen molar-refractivity contribution in [3.63, 3.8) is 0 Å². The van der Waals surface area contributed by atoms with E-state index >= 15 is 0 Å². The summed E-state index contributed by atoms with van der Waals surface area (Å²) in [5.41, 5.74) is 1.99. The van der Waals surface area contributed by atoms with E-state index in [-0.39, 0.29) is 11.4 Å². The Hall–Kier alpha value is -2.64. The summed E-state index contributed by atoms with van der Waals surface area (Å²) in [5.74, 6) is 0.617. The molecule has 0 unspecified atom stereocenters. The number of rotatable bonds is 7. The first kappa shape index (κ1) is 17.2. The van der Waals surface area contributed by atoms with Gasteiger partial charge in [-0.3, -0.25) is 4.68 Å². The summed E-state index contributed by atoms with van der Waals surface area (Å²) in [6.07, 6.45) is 3.64. The molecule has 0 aliphatic carbocycles. The van der Waals surface area contributed by atoms with Crippen LogP contribution in [-0.2, 0) is 23.1 Å². The average molecular weight is 357 g/mol. The van der Waals surface area contributed by atoms with Crippen LogP contribution in [0.15, 0.2) is 71.9 Å². The van der Waals surface area contributed by atoms with E-state index < -0.39 is 10.0 Å². The number of methoxy groups -OCH3 is 1. The van der Waals surface area contributed by atoms with Crippen molar-refractivity contribution in [2.75, 3.05) is 7.11 Å². The molecule has 1 N–H and O–H groups in total. The number of nitrogens with one attached hydrogen (secondary N) is 1. The number of hydrogen-bond acceptors (Lipinski definition) is 4. The number of aromatic nitrogens is 2. The molecule has 0 atom stereocenters. The molecule has 0 aliphatic rings. The fraction of sp³-hybridized carbons (Fsp3) is 0.167. The Kier molecular flexibility index (Phi) is 5.16. The van der Waals surface area contributed by atoms with E-state index in [1.54, 1.807) is 18.3 Å². The summed E-state index contributed by atoms with van der Waals surface area (Å²) < 4.78 is 34.1. The van der Waals surface area contributed by atoms with E-state index in [9.17, 15) is 8.42 Å². The van der Waals surface area contributed by atoms with Gasteiger partial charge >= 0.3 is 0 Å². The third kappa shape index (κ3) is 4.46. The highest BCUT2D eigenvalue weighted by Gasteiger charge is 2.13. The van der Waals surface area contributed by atoms with E-state index in [0.29, 0.717) is 12.3 Å². The van der Waals surface area contributed by atoms with Crippen LogP contribution in [0.4, 0.5) is 0 Å². The number of benzene rings is 2. The molecule has 130 valence electrons. The second-order valence-electron chi connectivity index (χ2n) is 5.52. The van der Waals surface area contributed by atoms with Crippen LogP contribution in [0, 0.1) is 0 Å². The number of hydrogen-bond donors (Lipinski definition) is 1. The molecule has 0 radical (unpaired) electrons. The molecule has 0 saturated carbocycles. The van der Waals surface area contributed by atoms with Gasteiger partial charge in [0.1, 0.15) is 5.75 Å². The minimum Gasteiger partial charge on any atom is -0.497 e. The van der Waals surface area contributed by atoms with E-state index in [4.69, 9.17) is 4.74 Å². The van der Waals surface area contributed by atoms with Crippen LogP contribution in [0.2, 0.25) is 0 Å². The fourth-order valence-electron chi connectivity index (χ4n) is 2.36. The highest BCUT2D eigenvalue weighted by atomic mass is 32.2. The number of nitrogens with zero attached hydrogens (tertiary/aromatic N) is 2. The Bertz CT molecular complexity index is 903. The lowest BCUT2D eigenvalue weighted by molar-refractivity contribution is 0.414. The molecule has 0 fully saturated rings. The minimum atomic E-state index is -3.55. The normalized spacial score (nSPS) is 11.4. The van der Waals surface area contributed by atoms with Crippen molar-refractivity contribution in [3.8, 4) is 5.75 Å². The van der Waals surface area contributed by atoms with Crippen molar-refractivity contribution in [1.29, 1.82) is 0 Å². The molecular weight excluding hydrogens is 338 g/mol. The monoisotopic (exact) mass is 357 g/mol. The van der Waals surface area contributed by atoms with Gasteiger partial charge in [0, 0.05) is 18.9 Å². The van der Waals surface area contributed by atoms with Crippen molar-refractivity contribution in [2.45, 2.75) is 18.0 Å². The molecule has 0 bridgehead atoms. The fourth-order valence-corrected chi connectivity index (χ4v) is 3.38. The minimum absolute atomic E-state index is 0.212. The lowest BCUT2D eigenvalue weighted by atomic mass is 10.1. The molecule has 6 nitrogen and oxygen atoms in total. The molecule has 0 spiro atoms. The van der Waals surface area contributed by atoms with Crippen LogP contribution < -0.4 is 9.46 Å². The third-order valence-electron chi connectivity index (χ3n) is 3.76. The second kappa shape index (κ2) is 7.50. The van der Waals surface area contributed by atoms with E-state index in [0.717, 1.165) is 11.1 Å². The van der Waals surface area contributed by atoms with Crippen molar-refractivity contribution < 1.29 is 13.2 Å². The van der Waals surface area contributed by atoms with Crippen LogP contribution in [0.3, 0.4) is 0 Å². The number of sulfonamides is 1. The van der Waals surface area contributed by atoms with Crippen molar-refractivity contribution in [2.24, 2.45) is 0 Å². The van der Waals surface area contributed by atoms with Crippen LogP contribution in [-0.4, -0.2) is 25.3 Å². The molecule has 25 heavy (non-hydrogen) atoms. The molecular formula is C18H19N3O3S. The molecule has 0 saturated heterocycles. The van der Waals surface area contributed by atoms with Crippen molar-refractivity contribution in [3.05, 3.63) is 78.1 Å². The lowest BCUT2D eigenvalue weighted by Gasteiger charge is -2.08. The van der Waals surface area contributed by atoms with Gasteiger partial charge in [-0.1, -0.05) is 24.3 Å². The van der Waals surface area contributed by atoms with Gasteiger partial charge in [-0.15, -0.1) is 0 Å². The first-order valence-corrected chi connectivity index (χ1v) is 9.24. The summed E-state index contributed by atoms with van der Waals surface area (Å²) in [7, 11) is -2.01. The van der Waals surface area contributed by atoms with Gasteiger partial charge in [0.15, 0.2) is 0 Å². The van der Waals surface area contributed by atoms with Crippen molar-refractivity contribution >= 4 is 10.0 Å². The zero-order valence-electron chi connectivity index (χ0n) is 13.8. The Morgan fingerprint density at radius 2 is 1.72 bits per heavy atom. The maximum absolute atomic E-state index is 12.3. The maximum Gasteiger partial charge on any atom is 0.240 e. The Morgan fingerprint density at radius 3 is 2.32 bits per heavy atom. The summed E-state index contributed by atoms with van der Waals surface area (Å²) in [6, 6.07) is 15.9. The topological polar surface area (TPSA) is 73.2 Å². The first-order chi connectivity index (χ1) is 12.1. The first-order valence-electron chi connectivity index (χ1n) is 7.76. The van der Waals surface area contributed by atoms with Gasteiger partial charge < -0.3 is 4.74 Å². The Morgan fingerprint density at radius 1 is 1.04 bits per heavy atom. The molecule has 1 heterocycles. The summed E-state index contributed by atoms with van der Waals surface area (Å²) in [6.45, 7) is 0.918. The zero-order chi connectivity index (χ0) is 17.7. The van der Waals surface area contributed by atoms with Gasteiger partial charge in [0.05, 0.1) is 18.6 Å². The molecule has 2 aromatic carbocycles. The molecule has 3 rings (SSSR count). The Balaban J connectivity index is 1.62. The summed E-state index contributed by atoms with van der Waals surface area (Å²) in [5, 5.41) is 4.16. The summed E-state index contributed by atoms with van der Waals surface area (Å²) >= 11 is 0. The largest absolute Gasteiger partial charge is 0.497 e. The Labute approximate surface area is 147 Å². The smallest absolute Gasteiger partial charge is 0.240 e. The van der Waals surface area contributed by atoms with Crippen molar-refractivity contribution in [1.82, 2.24) is 14.5 Å². The molecule has 3 aromatic rings. The third-order valence-corrected chi connectivity index (χ3v) is 5.18.